The number of hydrogen-bond acceptors (Lipinski definition) is 10. The first-order valence-electron chi connectivity index (χ1n) is 34.9. The summed E-state index contributed by atoms with van der Waals surface area (Å²) in [5, 5.41) is 0. The quantitative estimate of drug-likeness (QED) is 0.0252. The van der Waals surface area contributed by atoms with Gasteiger partial charge in [-0.2, -0.15) is 0 Å². The molecule has 0 aliphatic carbocycles. The van der Waals surface area contributed by atoms with Crippen molar-refractivity contribution in [3.05, 3.63) is 0 Å². The zero-order chi connectivity index (χ0) is 61.1. The summed E-state index contributed by atoms with van der Waals surface area (Å²) in [6, 6.07) is 0.765. The van der Waals surface area contributed by atoms with Crippen LogP contribution in [-0.2, 0) is 42.9 Å². The molecule has 1 fully saturated rings. The second-order valence-electron chi connectivity index (χ2n) is 21.5. The van der Waals surface area contributed by atoms with Gasteiger partial charge in [0, 0.05) is 31.7 Å². The summed E-state index contributed by atoms with van der Waals surface area (Å²) < 4.78 is 20.6. The van der Waals surface area contributed by atoms with Gasteiger partial charge < -0.3 is 28.6 Å². The molecular weight excluding hydrogens is 1010 g/mol. The molecule has 490 valence electrons. The summed E-state index contributed by atoms with van der Waals surface area (Å²) in [5.41, 5.74) is 0. The first-order chi connectivity index (χ1) is 39.1. The van der Waals surface area contributed by atoms with E-state index in [9.17, 15) is 24.0 Å². The largest absolute Gasteiger partial charge is 0.468 e. The molecule has 1 unspecified atom stereocenters. The van der Waals surface area contributed by atoms with Gasteiger partial charge in [-0.05, 0) is 110 Å². The number of rotatable bonds is 50. The van der Waals surface area contributed by atoms with E-state index in [1.807, 2.05) is 27.7 Å². The second-order valence-corrected chi connectivity index (χ2v) is 21.5. The van der Waals surface area contributed by atoms with Crippen molar-refractivity contribution in [3.63, 3.8) is 0 Å². The van der Waals surface area contributed by atoms with E-state index in [2.05, 4.69) is 65.0 Å². The Balaban J connectivity index is -0.000000191. The lowest BCUT2D eigenvalue weighted by Crippen LogP contribution is -2.27. The van der Waals surface area contributed by atoms with Crippen LogP contribution in [0.25, 0.3) is 0 Å². The third kappa shape index (κ3) is 88.9. The molecule has 0 aromatic rings. The molecule has 10 nitrogen and oxygen atoms in total. The second kappa shape index (κ2) is 88.7. The van der Waals surface area contributed by atoms with Crippen LogP contribution in [0.15, 0.2) is 0 Å². The number of carbonyl (C=O) groups excluding carboxylic acids is 5. The summed E-state index contributed by atoms with van der Waals surface area (Å²) in [7, 11) is 0. The molecule has 0 N–H and O–H groups in total. The van der Waals surface area contributed by atoms with E-state index in [1.165, 1.54) is 199 Å². The van der Waals surface area contributed by atoms with Gasteiger partial charge in [-0.1, -0.05) is 263 Å². The van der Waals surface area contributed by atoms with Crippen molar-refractivity contribution in [2.75, 3.05) is 32.9 Å². The van der Waals surface area contributed by atoms with Crippen molar-refractivity contribution in [1.82, 2.24) is 4.90 Å². The molecule has 0 aromatic heterocycles. The molecule has 0 aromatic carbocycles. The van der Waals surface area contributed by atoms with Gasteiger partial charge in [-0.25, -0.2) is 0 Å². The Morgan fingerprint density at radius 2 is 0.815 bits per heavy atom. The maximum atomic E-state index is 12.3. The maximum absolute atomic E-state index is 12.3. The van der Waals surface area contributed by atoms with Gasteiger partial charge in [0.15, 0.2) is 0 Å². The summed E-state index contributed by atoms with van der Waals surface area (Å²) >= 11 is 0. The molecular formula is C71H147NO9. The van der Waals surface area contributed by atoms with Crippen molar-refractivity contribution in [2.45, 2.75) is 399 Å². The predicted octanol–water partition coefficient (Wildman–Crippen LogP) is 22.4. The zero-order valence-corrected chi connectivity index (χ0v) is 56.3. The van der Waals surface area contributed by atoms with E-state index in [-0.39, 0.29) is 31.4 Å². The number of hydrogen-bond donors (Lipinski definition) is 0. The minimum Gasteiger partial charge on any atom is -0.468 e. The van der Waals surface area contributed by atoms with Crippen LogP contribution in [0.3, 0.4) is 0 Å². The van der Waals surface area contributed by atoms with E-state index in [0.29, 0.717) is 52.0 Å². The highest BCUT2D eigenvalue weighted by Gasteiger charge is 2.19. The summed E-state index contributed by atoms with van der Waals surface area (Å²) in [5.74, 6) is -0.172. The minimum atomic E-state index is -0.168. The van der Waals surface area contributed by atoms with Crippen LogP contribution < -0.4 is 0 Å². The first kappa shape index (κ1) is 92.2. The van der Waals surface area contributed by atoms with Crippen molar-refractivity contribution in [1.29, 1.82) is 0 Å². The monoisotopic (exact) mass is 1160 g/mol. The van der Waals surface area contributed by atoms with E-state index in [0.717, 1.165) is 89.4 Å². The Labute approximate surface area is 507 Å². The predicted molar refractivity (Wildman–Crippen MR) is 353 cm³/mol. The molecule has 0 spiro atoms. The molecule has 1 rings (SSSR count). The molecule has 1 heterocycles. The van der Waals surface area contributed by atoms with Gasteiger partial charge in [0.1, 0.15) is 12.4 Å². The first-order valence-corrected chi connectivity index (χ1v) is 34.9. The molecule has 1 saturated heterocycles. The normalized spacial score (nSPS) is 12.0. The Hall–Kier alpha value is -2.49. The highest BCUT2D eigenvalue weighted by atomic mass is 16.5. The average Bonchev–Trinajstić information content (AvgIpc) is 3.89. The van der Waals surface area contributed by atoms with Crippen molar-refractivity contribution in [2.24, 2.45) is 0 Å². The van der Waals surface area contributed by atoms with Crippen LogP contribution >= 0.6 is 0 Å². The Kier molecular flexibility index (Phi) is 101. The molecule has 1 atom stereocenters. The third-order valence-corrected chi connectivity index (χ3v) is 14.0. The number of nitrogens with zero attached hydrogens (tertiary/aromatic N) is 1. The molecule has 10 heteroatoms. The van der Waals surface area contributed by atoms with Gasteiger partial charge in [0.25, 0.3) is 6.47 Å². The van der Waals surface area contributed by atoms with Gasteiger partial charge in [-0.15, -0.1) is 0 Å². The topological polar surface area (TPSA) is 126 Å². The van der Waals surface area contributed by atoms with Crippen LogP contribution in [0.2, 0.25) is 0 Å². The summed E-state index contributed by atoms with van der Waals surface area (Å²) in [6.07, 6.45) is 53.0. The van der Waals surface area contributed by atoms with E-state index < -0.39 is 0 Å². The number of aldehydes is 1. The van der Waals surface area contributed by atoms with E-state index in [4.69, 9.17) is 14.2 Å². The maximum Gasteiger partial charge on any atom is 0.306 e. The fourth-order valence-electron chi connectivity index (χ4n) is 8.83. The molecule has 0 radical (unpaired) electrons. The lowest BCUT2D eigenvalue weighted by atomic mass is 10.0. The SMILES string of the molecule is C.CC.CC.CCCC.CCCCCC.CCCCCCCCC(CCCCCCCC)OC(=O)CCCCCCCOC=O.CCCCCCCCCCCOC(=O)CCCCCN1CCCC1C.CCOC(=O)CCCCC=O. The molecule has 0 bridgehead atoms. The smallest absolute Gasteiger partial charge is 0.306 e. The average molecular weight is 1160 g/mol. The zero-order valence-electron chi connectivity index (χ0n) is 56.3. The van der Waals surface area contributed by atoms with Gasteiger partial charge in [0.2, 0.25) is 0 Å². The van der Waals surface area contributed by atoms with Crippen LogP contribution in [0, 0.1) is 0 Å². The summed E-state index contributed by atoms with van der Waals surface area (Å²) in [6.45, 7) is 32.2. The van der Waals surface area contributed by atoms with Crippen LogP contribution in [-0.4, -0.2) is 80.6 Å². The molecule has 0 saturated carbocycles. The van der Waals surface area contributed by atoms with Gasteiger partial charge in [0.05, 0.1) is 19.8 Å². The number of unbranched alkanes of at least 4 members (excludes halogenated alkanes) is 30. The van der Waals surface area contributed by atoms with Crippen LogP contribution in [0.5, 0.6) is 0 Å². The van der Waals surface area contributed by atoms with Crippen molar-refractivity contribution < 1.29 is 42.9 Å². The van der Waals surface area contributed by atoms with Gasteiger partial charge >= 0.3 is 17.9 Å². The number of likely N-dealkylation sites (tertiary alicyclic amines) is 1. The standard InChI is InChI=1S/C26H50O4.C22H43NO2.C8H14O3.C6H14.C4H10.2C2H6.CH4/c1-3-5-7-9-12-16-20-25(21-17-13-10-8-6-4-2)30-26(28)22-18-14-11-15-19-23-29-24-27;1-3-4-5-6-7-8-9-10-14-20-25-22(24)17-12-11-13-18-23-19-15-16-21(23)2;1-2-11-8(10)6-4-3-5-7-9;1-3-5-6-4-2;1-3-4-2;2*1-2;/h24-25H,3-23H2,1-2H3;21H,3-20H2,1-2H3;7H,2-6H2,1H3;3-6H2,1-2H3;3-4H2,1-2H3;2*1-2H3;1H4. The fraction of sp³-hybridized carbons (Fsp3) is 0.930. The van der Waals surface area contributed by atoms with Crippen molar-refractivity contribution >= 4 is 30.7 Å². The molecule has 1 aliphatic rings. The Morgan fingerprint density at radius 3 is 1.22 bits per heavy atom. The summed E-state index contributed by atoms with van der Waals surface area (Å²) in [4.78, 5) is 57.2. The fourth-order valence-corrected chi connectivity index (χ4v) is 8.83. The lowest BCUT2D eigenvalue weighted by Gasteiger charge is -2.20. The van der Waals surface area contributed by atoms with Crippen LogP contribution in [0.4, 0.5) is 0 Å². The Morgan fingerprint density at radius 1 is 0.444 bits per heavy atom. The number of carbonyl (C=O) groups is 5. The molecule has 81 heavy (non-hydrogen) atoms. The number of ether oxygens (including phenoxy) is 4. The highest BCUT2D eigenvalue weighted by molar-refractivity contribution is 5.70. The van der Waals surface area contributed by atoms with E-state index in [1.54, 1.807) is 6.92 Å². The van der Waals surface area contributed by atoms with Gasteiger partial charge in [-0.3, -0.25) is 19.2 Å². The van der Waals surface area contributed by atoms with Crippen LogP contribution in [0.1, 0.15) is 386 Å². The van der Waals surface area contributed by atoms with E-state index >= 15 is 0 Å². The minimum absolute atomic E-state index is 0. The lowest BCUT2D eigenvalue weighted by molar-refractivity contribution is -0.150. The highest BCUT2D eigenvalue weighted by Crippen LogP contribution is 2.20. The Bertz CT molecular complexity index is 1130. The number of esters is 3. The van der Waals surface area contributed by atoms with Crippen molar-refractivity contribution in [3.8, 4) is 0 Å². The third-order valence-electron chi connectivity index (χ3n) is 14.0. The molecule has 0 amide bonds. The molecule has 1 aliphatic heterocycles.